The highest BCUT2D eigenvalue weighted by atomic mass is 32.2. The van der Waals surface area contributed by atoms with E-state index < -0.39 is 21.7 Å². The first kappa shape index (κ1) is 22.3. The molecule has 11 heteroatoms. The number of aromatic nitrogens is 2. The van der Waals surface area contributed by atoms with Crippen LogP contribution in [0.25, 0.3) is 5.69 Å². The van der Waals surface area contributed by atoms with Crippen LogP contribution in [0.5, 0.6) is 11.5 Å². The quantitative estimate of drug-likeness (QED) is 0.523. The van der Waals surface area contributed by atoms with Crippen molar-refractivity contribution in [3.05, 3.63) is 65.4 Å². The highest BCUT2D eigenvalue weighted by Crippen LogP contribution is 2.33. The number of benzene rings is 2. The fourth-order valence-corrected chi connectivity index (χ4v) is 5.04. The predicted molar refractivity (Wildman–Crippen MR) is 120 cm³/mol. The number of hydrogen-bond acceptors (Lipinski definition) is 7. The number of amides is 2. The highest BCUT2D eigenvalue weighted by Gasteiger charge is 2.33. The first-order valence-electron chi connectivity index (χ1n) is 9.98. The molecule has 0 saturated heterocycles. The summed E-state index contributed by atoms with van der Waals surface area (Å²) >= 11 is 0. The maximum Gasteiger partial charge on any atom is 0.314 e. The zero-order chi connectivity index (χ0) is 23.6. The van der Waals surface area contributed by atoms with Gasteiger partial charge in [0.15, 0.2) is 9.84 Å². The largest absolute Gasteiger partial charge is 0.497 e. The monoisotopic (exact) mass is 470 g/mol. The first-order valence-corrected chi connectivity index (χ1v) is 11.8. The Balaban J connectivity index is 1.57. The number of sulfone groups is 1. The molecule has 1 aromatic heterocycles. The molecular weight excluding hydrogens is 448 g/mol. The summed E-state index contributed by atoms with van der Waals surface area (Å²) in [6.45, 7) is 0.0838. The average Bonchev–Trinajstić information content (AvgIpc) is 3.29. The number of carbonyl (C=O) groups excluding carboxylic acids is 2. The Bertz CT molecular complexity index is 1320. The van der Waals surface area contributed by atoms with Crippen molar-refractivity contribution >= 4 is 27.5 Å². The zero-order valence-electron chi connectivity index (χ0n) is 18.0. The lowest BCUT2D eigenvalue weighted by atomic mass is 10.2. The van der Waals surface area contributed by atoms with Gasteiger partial charge in [0, 0.05) is 17.7 Å². The molecule has 0 radical (unpaired) electrons. The molecule has 33 heavy (non-hydrogen) atoms. The van der Waals surface area contributed by atoms with E-state index in [1.165, 1.54) is 18.9 Å². The van der Waals surface area contributed by atoms with Crippen molar-refractivity contribution in [2.45, 2.75) is 18.1 Å². The maximum atomic E-state index is 12.7. The Kier molecular flexibility index (Phi) is 6.05. The third kappa shape index (κ3) is 4.67. The van der Waals surface area contributed by atoms with Crippen LogP contribution in [0.2, 0.25) is 0 Å². The van der Waals surface area contributed by atoms with Gasteiger partial charge in [-0.15, -0.1) is 0 Å². The molecule has 172 valence electrons. The molecule has 0 aliphatic carbocycles. The van der Waals surface area contributed by atoms with Crippen molar-refractivity contribution in [2.75, 3.05) is 19.5 Å². The fraction of sp³-hybridized carbons (Fsp3) is 0.227. The highest BCUT2D eigenvalue weighted by molar-refractivity contribution is 7.90. The van der Waals surface area contributed by atoms with Gasteiger partial charge in [0.2, 0.25) is 0 Å². The lowest BCUT2D eigenvalue weighted by Crippen LogP contribution is -2.35. The number of nitrogens with one attached hydrogen (secondary N) is 2. The number of para-hydroxylation sites is 1. The van der Waals surface area contributed by atoms with Gasteiger partial charge in [-0.25, -0.2) is 13.1 Å². The number of rotatable bonds is 6. The van der Waals surface area contributed by atoms with E-state index in [2.05, 4.69) is 15.7 Å². The Morgan fingerprint density at radius 1 is 1.00 bits per heavy atom. The molecule has 0 saturated carbocycles. The average molecular weight is 471 g/mol. The van der Waals surface area contributed by atoms with Crippen molar-refractivity contribution in [1.82, 2.24) is 15.1 Å². The molecule has 1 aliphatic rings. The minimum absolute atomic E-state index is 0.0838. The van der Waals surface area contributed by atoms with Gasteiger partial charge in [-0.1, -0.05) is 18.2 Å². The van der Waals surface area contributed by atoms with Crippen molar-refractivity contribution < 1.29 is 27.5 Å². The number of nitrogens with zero attached hydrogens (tertiary/aromatic N) is 2. The Labute approximate surface area is 190 Å². The molecule has 2 amide bonds. The van der Waals surface area contributed by atoms with Gasteiger partial charge in [-0.2, -0.15) is 5.10 Å². The molecule has 0 fully saturated rings. The van der Waals surface area contributed by atoms with Crippen LogP contribution in [0.15, 0.2) is 48.5 Å². The molecule has 0 unspecified atom stereocenters. The van der Waals surface area contributed by atoms with Gasteiger partial charge in [0.1, 0.15) is 17.3 Å². The summed E-state index contributed by atoms with van der Waals surface area (Å²) in [5.41, 5.74) is 2.00. The van der Waals surface area contributed by atoms with E-state index in [9.17, 15) is 18.0 Å². The van der Waals surface area contributed by atoms with E-state index in [1.807, 2.05) is 0 Å². The number of carbonyl (C=O) groups is 2. The molecule has 0 spiro atoms. The normalized spacial score (nSPS) is 13.8. The van der Waals surface area contributed by atoms with Crippen LogP contribution >= 0.6 is 0 Å². The van der Waals surface area contributed by atoms with Gasteiger partial charge in [0.25, 0.3) is 0 Å². The second kappa shape index (κ2) is 8.94. The topological polar surface area (TPSA) is 129 Å². The summed E-state index contributed by atoms with van der Waals surface area (Å²) in [7, 11) is -0.310. The van der Waals surface area contributed by atoms with Crippen molar-refractivity contribution in [1.29, 1.82) is 0 Å². The minimum Gasteiger partial charge on any atom is -0.497 e. The lowest BCUT2D eigenvalue weighted by molar-refractivity contribution is -0.136. The van der Waals surface area contributed by atoms with Gasteiger partial charge >= 0.3 is 11.8 Å². The number of anilines is 1. The van der Waals surface area contributed by atoms with Crippen LogP contribution in [0.3, 0.4) is 0 Å². The van der Waals surface area contributed by atoms with E-state index in [4.69, 9.17) is 9.47 Å². The Morgan fingerprint density at radius 2 is 1.73 bits per heavy atom. The number of fused-ring (bicyclic) bond motifs is 1. The number of ether oxygens (including phenoxy) is 2. The second-order valence-electron chi connectivity index (χ2n) is 7.36. The summed E-state index contributed by atoms with van der Waals surface area (Å²) in [6, 6.07) is 14.0. The first-order chi connectivity index (χ1) is 15.8. The number of methoxy groups -OCH3 is 2. The van der Waals surface area contributed by atoms with Crippen LogP contribution in [-0.4, -0.2) is 44.2 Å². The molecule has 2 N–H and O–H groups in total. The van der Waals surface area contributed by atoms with Gasteiger partial charge < -0.3 is 20.1 Å². The zero-order valence-corrected chi connectivity index (χ0v) is 18.8. The van der Waals surface area contributed by atoms with Gasteiger partial charge in [-0.3, -0.25) is 9.59 Å². The summed E-state index contributed by atoms with van der Waals surface area (Å²) < 4.78 is 36.0. The summed E-state index contributed by atoms with van der Waals surface area (Å²) in [6.07, 6.45) is 0. The number of hydrogen-bond donors (Lipinski definition) is 2. The summed E-state index contributed by atoms with van der Waals surface area (Å²) in [5, 5.41) is 9.47. The van der Waals surface area contributed by atoms with E-state index in [0.717, 1.165) is 0 Å². The third-order valence-electron chi connectivity index (χ3n) is 5.17. The van der Waals surface area contributed by atoms with Crippen LogP contribution in [0.4, 0.5) is 5.82 Å². The van der Waals surface area contributed by atoms with E-state index in [0.29, 0.717) is 34.0 Å². The second-order valence-corrected chi connectivity index (χ2v) is 9.43. The van der Waals surface area contributed by atoms with E-state index >= 15 is 0 Å². The fourth-order valence-electron chi connectivity index (χ4n) is 3.55. The van der Waals surface area contributed by atoms with Crippen molar-refractivity contribution in [3.63, 3.8) is 0 Å². The Hall–Kier alpha value is -3.86. The SMILES string of the molecule is COc1ccc(-n2nc3c(c2NC(=O)C(=O)NCc2ccccc2OC)CS(=O)(=O)C3)cc1. The smallest absolute Gasteiger partial charge is 0.314 e. The molecule has 2 heterocycles. The van der Waals surface area contributed by atoms with Gasteiger partial charge in [-0.05, 0) is 30.3 Å². The molecule has 3 aromatic rings. The molecule has 10 nitrogen and oxygen atoms in total. The summed E-state index contributed by atoms with van der Waals surface area (Å²) in [4.78, 5) is 25.1. The van der Waals surface area contributed by atoms with E-state index in [-0.39, 0.29) is 23.9 Å². The van der Waals surface area contributed by atoms with Crippen LogP contribution in [-0.2, 0) is 37.5 Å². The Morgan fingerprint density at radius 3 is 2.42 bits per heavy atom. The van der Waals surface area contributed by atoms with E-state index in [1.54, 1.807) is 48.5 Å². The third-order valence-corrected chi connectivity index (χ3v) is 6.62. The van der Waals surface area contributed by atoms with Crippen molar-refractivity contribution in [2.24, 2.45) is 0 Å². The van der Waals surface area contributed by atoms with Crippen LogP contribution in [0.1, 0.15) is 16.8 Å². The lowest BCUT2D eigenvalue weighted by Gasteiger charge is -2.12. The van der Waals surface area contributed by atoms with Crippen LogP contribution in [0, 0.1) is 0 Å². The van der Waals surface area contributed by atoms with Crippen molar-refractivity contribution in [3.8, 4) is 17.2 Å². The molecule has 4 rings (SSSR count). The predicted octanol–water partition coefficient (Wildman–Crippen LogP) is 1.57. The minimum atomic E-state index is -3.37. The molecular formula is C22H22N4O6S. The molecule has 2 aromatic carbocycles. The molecule has 0 bridgehead atoms. The molecule has 1 aliphatic heterocycles. The summed E-state index contributed by atoms with van der Waals surface area (Å²) in [5.74, 6) is -0.954. The standard InChI is InChI=1S/C22H22N4O6S/c1-31-16-9-7-15(8-10-16)26-20(17-12-33(29,30)13-18(17)25-26)24-22(28)21(27)23-11-14-5-3-4-6-19(14)32-2/h3-10H,11-13H2,1-2H3,(H,23,27)(H,24,28). The molecule has 0 atom stereocenters. The van der Waals surface area contributed by atoms with Gasteiger partial charge in [0.05, 0.1) is 37.1 Å². The van der Waals surface area contributed by atoms with Crippen LogP contribution < -0.4 is 20.1 Å². The maximum absolute atomic E-state index is 12.7.